The van der Waals surface area contributed by atoms with Crippen molar-refractivity contribution in [2.75, 3.05) is 19.4 Å². The highest BCUT2D eigenvalue weighted by Gasteiger charge is 2.15. The highest BCUT2D eigenvalue weighted by atomic mass is 32.2. The van der Waals surface area contributed by atoms with Gasteiger partial charge in [0.15, 0.2) is 0 Å². The molecule has 0 fully saturated rings. The summed E-state index contributed by atoms with van der Waals surface area (Å²) in [6.07, 6.45) is 2.06. The Labute approximate surface area is 86.0 Å². The predicted molar refractivity (Wildman–Crippen MR) is 59.5 cm³/mol. The minimum atomic E-state index is 0.702. The van der Waals surface area contributed by atoms with Crippen LogP contribution in [0.4, 0.5) is 0 Å². The van der Waals surface area contributed by atoms with Gasteiger partial charge in [-0.1, -0.05) is 0 Å². The number of aliphatic imine (C=N–C) groups is 1. The first-order valence-corrected chi connectivity index (χ1v) is 6.17. The Balaban J connectivity index is 2.46. The number of rotatable bonds is 0. The first-order valence-electron chi connectivity index (χ1n) is 4.13. The molecule has 0 saturated carbocycles. The smallest absolute Gasteiger partial charge is 0.140 e. The number of hydrogen-bond donors (Lipinski definition) is 0. The van der Waals surface area contributed by atoms with E-state index in [1.54, 1.807) is 23.1 Å². The van der Waals surface area contributed by atoms with Gasteiger partial charge in [0.2, 0.25) is 0 Å². The molecule has 0 radical (unpaired) electrons. The molecule has 0 spiro atoms. The van der Waals surface area contributed by atoms with Crippen molar-refractivity contribution in [2.24, 2.45) is 4.99 Å². The minimum absolute atomic E-state index is 0.702. The number of fused-ring (bicyclic) bond motifs is 1. The van der Waals surface area contributed by atoms with Crippen LogP contribution in [0.3, 0.4) is 0 Å². The van der Waals surface area contributed by atoms with Crippen molar-refractivity contribution in [1.29, 1.82) is 0 Å². The van der Waals surface area contributed by atoms with Crippen molar-refractivity contribution < 1.29 is 4.74 Å². The van der Waals surface area contributed by atoms with Crippen LogP contribution in [0.2, 0.25) is 0 Å². The summed E-state index contributed by atoms with van der Waals surface area (Å²) in [5.74, 6) is 1.01. The molecule has 70 valence electrons. The van der Waals surface area contributed by atoms with Gasteiger partial charge in [0.1, 0.15) is 22.3 Å². The molecular weight excluding hydrogens is 202 g/mol. The van der Waals surface area contributed by atoms with E-state index in [0.717, 1.165) is 17.3 Å². The zero-order valence-corrected chi connectivity index (χ0v) is 9.30. The van der Waals surface area contributed by atoms with Gasteiger partial charge >= 0.3 is 0 Å². The van der Waals surface area contributed by atoms with Crippen LogP contribution in [0.15, 0.2) is 11.1 Å². The predicted octanol–water partition coefficient (Wildman–Crippen LogP) is 2.56. The molecule has 0 N–H and O–H groups in total. The van der Waals surface area contributed by atoms with E-state index in [2.05, 4.69) is 24.2 Å². The second-order valence-electron chi connectivity index (χ2n) is 2.79. The molecule has 1 aliphatic rings. The topological polar surface area (TPSA) is 21.6 Å². The Hall–Kier alpha value is -0.480. The fraction of sp³-hybridized carbons (Fsp3) is 0.444. The summed E-state index contributed by atoms with van der Waals surface area (Å²) in [5.41, 5.74) is 0. The second-order valence-corrected chi connectivity index (χ2v) is 4.84. The van der Waals surface area contributed by atoms with E-state index in [-0.39, 0.29) is 0 Å². The molecule has 4 heteroatoms. The molecule has 1 aliphatic heterocycles. The lowest BCUT2D eigenvalue weighted by molar-refractivity contribution is 0.332. The van der Waals surface area contributed by atoms with E-state index in [1.807, 2.05) is 0 Å². The van der Waals surface area contributed by atoms with Crippen molar-refractivity contribution in [3.63, 3.8) is 0 Å². The third kappa shape index (κ3) is 1.74. The Morgan fingerprint density at radius 2 is 2.46 bits per heavy atom. The minimum Gasteiger partial charge on any atom is -0.490 e. The maximum Gasteiger partial charge on any atom is 0.140 e. The fourth-order valence-electron chi connectivity index (χ4n) is 1.28. The summed E-state index contributed by atoms with van der Waals surface area (Å²) < 4.78 is 5.58. The number of thioether (sulfide) groups is 1. The van der Waals surface area contributed by atoms with Gasteiger partial charge in [0, 0.05) is 4.88 Å². The summed E-state index contributed by atoms with van der Waals surface area (Å²) in [6.45, 7) is 3.57. The largest absolute Gasteiger partial charge is 0.490 e. The van der Waals surface area contributed by atoms with Gasteiger partial charge in [-0.25, -0.2) is 0 Å². The molecule has 0 amide bonds. The molecule has 1 aromatic rings. The fourth-order valence-corrected chi connectivity index (χ4v) is 3.02. The molecule has 2 rings (SSSR count). The molecule has 0 aromatic carbocycles. The standard InChI is InChI=1S/C9H11NOS2/c1-6-5-7-8(13-6)9(12-2)10-3-4-11-7/h5H,3-4H2,1-2H3. The van der Waals surface area contributed by atoms with Crippen LogP contribution in [-0.2, 0) is 0 Å². The van der Waals surface area contributed by atoms with Crippen LogP contribution in [0, 0.1) is 6.92 Å². The van der Waals surface area contributed by atoms with Gasteiger partial charge in [-0.3, -0.25) is 4.99 Å². The normalized spacial score (nSPS) is 15.7. The first-order chi connectivity index (χ1) is 6.31. The summed E-state index contributed by atoms with van der Waals surface area (Å²) in [4.78, 5) is 6.94. The van der Waals surface area contributed by atoms with Crippen LogP contribution < -0.4 is 4.74 Å². The Morgan fingerprint density at radius 1 is 1.62 bits per heavy atom. The Morgan fingerprint density at radius 3 is 3.23 bits per heavy atom. The first kappa shape index (κ1) is 9.09. The molecule has 13 heavy (non-hydrogen) atoms. The van der Waals surface area contributed by atoms with Crippen LogP contribution in [0.5, 0.6) is 5.75 Å². The van der Waals surface area contributed by atoms with Crippen LogP contribution in [0.25, 0.3) is 0 Å². The van der Waals surface area contributed by atoms with E-state index < -0.39 is 0 Å². The number of thiophene rings is 1. The number of nitrogens with zero attached hydrogens (tertiary/aromatic N) is 1. The summed E-state index contributed by atoms with van der Waals surface area (Å²) in [6, 6.07) is 2.09. The molecule has 0 atom stereocenters. The molecule has 1 aromatic heterocycles. The van der Waals surface area contributed by atoms with Gasteiger partial charge < -0.3 is 4.74 Å². The quantitative estimate of drug-likeness (QED) is 0.660. The Bertz CT molecular complexity index is 343. The zero-order valence-electron chi connectivity index (χ0n) is 7.66. The zero-order chi connectivity index (χ0) is 9.26. The molecule has 0 saturated heterocycles. The molecule has 0 aliphatic carbocycles. The lowest BCUT2D eigenvalue weighted by Gasteiger charge is -1.99. The molecule has 0 unspecified atom stereocenters. The Kier molecular flexibility index (Phi) is 2.60. The second kappa shape index (κ2) is 3.72. The monoisotopic (exact) mass is 213 g/mol. The van der Waals surface area contributed by atoms with E-state index in [1.165, 1.54) is 9.75 Å². The van der Waals surface area contributed by atoms with Gasteiger partial charge in [-0.05, 0) is 19.2 Å². The van der Waals surface area contributed by atoms with Crippen molar-refractivity contribution >= 4 is 28.1 Å². The van der Waals surface area contributed by atoms with Crippen molar-refractivity contribution in [2.45, 2.75) is 6.92 Å². The van der Waals surface area contributed by atoms with Crippen LogP contribution in [0.1, 0.15) is 9.75 Å². The van der Waals surface area contributed by atoms with E-state index in [4.69, 9.17) is 4.74 Å². The van der Waals surface area contributed by atoms with Gasteiger partial charge in [0.25, 0.3) is 0 Å². The lowest BCUT2D eigenvalue weighted by atomic mass is 10.4. The summed E-state index contributed by atoms with van der Waals surface area (Å²) in [7, 11) is 0. The number of ether oxygens (including phenoxy) is 1. The number of hydrogen-bond acceptors (Lipinski definition) is 4. The van der Waals surface area contributed by atoms with Crippen LogP contribution >= 0.6 is 23.1 Å². The highest BCUT2D eigenvalue weighted by molar-refractivity contribution is 8.14. The lowest BCUT2D eigenvalue weighted by Crippen LogP contribution is -1.97. The van der Waals surface area contributed by atoms with Crippen molar-refractivity contribution in [1.82, 2.24) is 0 Å². The molecule has 2 nitrogen and oxygen atoms in total. The summed E-state index contributed by atoms with van der Waals surface area (Å²) in [5, 5.41) is 1.12. The van der Waals surface area contributed by atoms with Gasteiger partial charge in [0.05, 0.1) is 6.54 Å². The molecule has 2 heterocycles. The van der Waals surface area contributed by atoms with E-state index in [0.29, 0.717) is 6.61 Å². The molecular formula is C9H11NOS2. The third-order valence-corrected chi connectivity index (χ3v) is 3.70. The van der Waals surface area contributed by atoms with Gasteiger partial charge in [-0.2, -0.15) is 0 Å². The van der Waals surface area contributed by atoms with Crippen molar-refractivity contribution in [3.8, 4) is 5.75 Å². The maximum absolute atomic E-state index is 5.58. The average molecular weight is 213 g/mol. The third-order valence-electron chi connectivity index (χ3n) is 1.81. The number of aryl methyl sites for hydroxylation is 1. The van der Waals surface area contributed by atoms with Crippen LogP contribution in [-0.4, -0.2) is 24.5 Å². The van der Waals surface area contributed by atoms with E-state index >= 15 is 0 Å². The highest BCUT2D eigenvalue weighted by Crippen LogP contribution is 2.33. The molecule has 0 bridgehead atoms. The van der Waals surface area contributed by atoms with E-state index in [9.17, 15) is 0 Å². The SMILES string of the molecule is CSC1=NCCOc2cc(C)sc21. The van der Waals surface area contributed by atoms with Crippen molar-refractivity contribution in [3.05, 3.63) is 15.8 Å². The maximum atomic E-state index is 5.58. The summed E-state index contributed by atoms with van der Waals surface area (Å²) >= 11 is 3.46. The average Bonchev–Trinajstić information content (AvgIpc) is 2.37. The van der Waals surface area contributed by atoms with Gasteiger partial charge in [-0.15, -0.1) is 23.1 Å².